The largest absolute Gasteiger partial charge is 0.399 e. The number of hydrogen-bond acceptors (Lipinski definition) is 3. The number of nitrogens with two attached hydrogens (primary N) is 1. The molecule has 1 aliphatic heterocycles. The van der Waals surface area contributed by atoms with Crippen molar-refractivity contribution in [2.24, 2.45) is 5.41 Å². The maximum absolute atomic E-state index is 9.19. The van der Waals surface area contributed by atoms with Crippen molar-refractivity contribution < 1.29 is 0 Å². The summed E-state index contributed by atoms with van der Waals surface area (Å²) >= 11 is 0. The van der Waals surface area contributed by atoms with Crippen molar-refractivity contribution >= 4 is 11.4 Å². The van der Waals surface area contributed by atoms with Crippen LogP contribution >= 0.6 is 0 Å². The van der Waals surface area contributed by atoms with Gasteiger partial charge in [0.2, 0.25) is 0 Å². The summed E-state index contributed by atoms with van der Waals surface area (Å²) in [5, 5.41) is 9.19. The minimum Gasteiger partial charge on any atom is -0.399 e. The molecule has 96 valence electrons. The number of benzene rings is 1. The standard InChI is InChI=1S/C15H21N3/c1-3-15(2)6-8-18(9-7-15)14-5-4-13(17)10-12(14)11-16/h4-5,10H,3,6-9,17H2,1-2H3. The van der Waals surface area contributed by atoms with Gasteiger partial charge in [-0.2, -0.15) is 5.26 Å². The highest BCUT2D eigenvalue weighted by Gasteiger charge is 2.28. The molecule has 3 nitrogen and oxygen atoms in total. The SMILES string of the molecule is CCC1(C)CCN(c2ccc(N)cc2C#N)CC1. The third-order valence-electron chi connectivity index (χ3n) is 4.31. The van der Waals surface area contributed by atoms with E-state index in [9.17, 15) is 5.26 Å². The predicted molar refractivity (Wildman–Crippen MR) is 75.4 cm³/mol. The minimum atomic E-state index is 0.469. The van der Waals surface area contributed by atoms with Gasteiger partial charge in [-0.1, -0.05) is 20.3 Å². The Morgan fingerprint density at radius 1 is 1.39 bits per heavy atom. The molecule has 1 heterocycles. The molecule has 1 aromatic carbocycles. The molecule has 2 N–H and O–H groups in total. The Hall–Kier alpha value is -1.69. The van der Waals surface area contributed by atoms with Gasteiger partial charge in [-0.15, -0.1) is 0 Å². The highest BCUT2D eigenvalue weighted by molar-refractivity contribution is 5.64. The van der Waals surface area contributed by atoms with Crippen LogP contribution in [-0.2, 0) is 0 Å². The van der Waals surface area contributed by atoms with Crippen LogP contribution in [0.4, 0.5) is 11.4 Å². The van der Waals surface area contributed by atoms with E-state index in [1.807, 2.05) is 12.1 Å². The summed E-state index contributed by atoms with van der Waals surface area (Å²) in [5.74, 6) is 0. The Kier molecular flexibility index (Phi) is 3.47. The summed E-state index contributed by atoms with van der Waals surface area (Å²) in [6.45, 7) is 6.68. The lowest BCUT2D eigenvalue weighted by atomic mass is 9.78. The number of hydrogen-bond donors (Lipinski definition) is 1. The molecule has 1 saturated heterocycles. The van der Waals surface area contributed by atoms with E-state index >= 15 is 0 Å². The van der Waals surface area contributed by atoms with Crippen LogP contribution in [0.2, 0.25) is 0 Å². The van der Waals surface area contributed by atoms with E-state index in [2.05, 4.69) is 24.8 Å². The van der Waals surface area contributed by atoms with E-state index in [0.29, 0.717) is 16.7 Å². The Morgan fingerprint density at radius 2 is 2.06 bits per heavy atom. The zero-order valence-corrected chi connectivity index (χ0v) is 11.2. The normalized spacial score (nSPS) is 18.4. The van der Waals surface area contributed by atoms with Crippen molar-refractivity contribution in [1.82, 2.24) is 0 Å². The number of nitrogens with zero attached hydrogens (tertiary/aromatic N) is 2. The molecule has 0 atom stereocenters. The summed E-state index contributed by atoms with van der Waals surface area (Å²) in [4.78, 5) is 2.31. The van der Waals surface area contributed by atoms with Gasteiger partial charge >= 0.3 is 0 Å². The van der Waals surface area contributed by atoms with Crippen LogP contribution in [0, 0.1) is 16.7 Å². The first-order valence-corrected chi connectivity index (χ1v) is 6.62. The van der Waals surface area contributed by atoms with E-state index in [0.717, 1.165) is 18.8 Å². The Labute approximate surface area is 109 Å². The summed E-state index contributed by atoms with van der Waals surface area (Å²) in [6.07, 6.45) is 3.62. The Bertz CT molecular complexity index is 465. The van der Waals surface area contributed by atoms with Gasteiger partial charge in [0, 0.05) is 18.8 Å². The molecule has 18 heavy (non-hydrogen) atoms. The number of nitriles is 1. The fourth-order valence-corrected chi connectivity index (χ4v) is 2.56. The molecule has 1 fully saturated rings. The Morgan fingerprint density at radius 3 is 2.61 bits per heavy atom. The van der Waals surface area contributed by atoms with E-state index in [1.54, 1.807) is 6.07 Å². The van der Waals surface area contributed by atoms with Crippen LogP contribution in [0.15, 0.2) is 18.2 Å². The first-order chi connectivity index (χ1) is 8.58. The highest BCUT2D eigenvalue weighted by atomic mass is 15.1. The van der Waals surface area contributed by atoms with E-state index in [-0.39, 0.29) is 0 Å². The molecule has 0 amide bonds. The third-order valence-corrected chi connectivity index (χ3v) is 4.31. The van der Waals surface area contributed by atoms with Crippen LogP contribution in [0.3, 0.4) is 0 Å². The molecule has 0 bridgehead atoms. The van der Waals surface area contributed by atoms with Crippen molar-refractivity contribution in [3.05, 3.63) is 23.8 Å². The van der Waals surface area contributed by atoms with Gasteiger partial charge < -0.3 is 10.6 Å². The van der Waals surface area contributed by atoms with Gasteiger partial charge in [0.05, 0.1) is 11.3 Å². The second-order valence-electron chi connectivity index (χ2n) is 5.54. The highest BCUT2D eigenvalue weighted by Crippen LogP contribution is 2.36. The van der Waals surface area contributed by atoms with Crippen molar-refractivity contribution in [1.29, 1.82) is 5.26 Å². The van der Waals surface area contributed by atoms with Gasteiger partial charge in [0.25, 0.3) is 0 Å². The smallest absolute Gasteiger partial charge is 0.101 e. The molecule has 3 heteroatoms. The van der Waals surface area contributed by atoms with Crippen LogP contribution in [0.5, 0.6) is 0 Å². The van der Waals surface area contributed by atoms with Gasteiger partial charge in [0.1, 0.15) is 6.07 Å². The molecule has 0 unspecified atom stereocenters. The zero-order chi connectivity index (χ0) is 13.2. The van der Waals surface area contributed by atoms with E-state index < -0.39 is 0 Å². The zero-order valence-electron chi connectivity index (χ0n) is 11.2. The molecule has 0 aliphatic carbocycles. The van der Waals surface area contributed by atoms with Crippen LogP contribution < -0.4 is 10.6 Å². The van der Waals surface area contributed by atoms with Crippen molar-refractivity contribution in [3.63, 3.8) is 0 Å². The van der Waals surface area contributed by atoms with Gasteiger partial charge in [-0.3, -0.25) is 0 Å². The summed E-state index contributed by atoms with van der Waals surface area (Å²) < 4.78 is 0. The lowest BCUT2D eigenvalue weighted by Gasteiger charge is -2.40. The maximum Gasteiger partial charge on any atom is 0.101 e. The molecule has 1 aromatic rings. The molecule has 0 saturated carbocycles. The quantitative estimate of drug-likeness (QED) is 0.812. The van der Waals surface area contributed by atoms with E-state index in [1.165, 1.54) is 19.3 Å². The maximum atomic E-state index is 9.19. The fraction of sp³-hybridized carbons (Fsp3) is 0.533. The fourth-order valence-electron chi connectivity index (χ4n) is 2.56. The van der Waals surface area contributed by atoms with Crippen LogP contribution in [0.1, 0.15) is 38.7 Å². The second kappa shape index (κ2) is 4.89. The molecule has 0 aromatic heterocycles. The third kappa shape index (κ3) is 2.43. The first-order valence-electron chi connectivity index (χ1n) is 6.62. The Balaban J connectivity index is 2.18. The number of anilines is 2. The molecular formula is C15H21N3. The average molecular weight is 243 g/mol. The second-order valence-corrected chi connectivity index (χ2v) is 5.54. The monoisotopic (exact) mass is 243 g/mol. The average Bonchev–Trinajstić information content (AvgIpc) is 2.40. The van der Waals surface area contributed by atoms with Gasteiger partial charge in [-0.05, 0) is 36.5 Å². The lowest BCUT2D eigenvalue weighted by molar-refractivity contribution is 0.238. The van der Waals surface area contributed by atoms with Crippen LogP contribution in [0.25, 0.3) is 0 Å². The summed E-state index contributed by atoms with van der Waals surface area (Å²) in [6, 6.07) is 7.87. The number of piperidine rings is 1. The van der Waals surface area contributed by atoms with Crippen molar-refractivity contribution in [2.45, 2.75) is 33.1 Å². The molecule has 0 radical (unpaired) electrons. The predicted octanol–water partition coefficient (Wildman–Crippen LogP) is 3.16. The van der Waals surface area contributed by atoms with Crippen LogP contribution in [-0.4, -0.2) is 13.1 Å². The molecular weight excluding hydrogens is 222 g/mol. The molecule has 0 spiro atoms. The summed E-state index contributed by atoms with van der Waals surface area (Å²) in [7, 11) is 0. The van der Waals surface area contributed by atoms with Gasteiger partial charge in [-0.25, -0.2) is 0 Å². The molecule has 1 aliphatic rings. The number of nitrogen functional groups attached to an aromatic ring is 1. The van der Waals surface area contributed by atoms with Gasteiger partial charge in [0.15, 0.2) is 0 Å². The summed E-state index contributed by atoms with van der Waals surface area (Å²) in [5.41, 5.74) is 8.58. The first kappa shape index (κ1) is 12.8. The lowest BCUT2D eigenvalue weighted by Crippen LogP contribution is -2.38. The topological polar surface area (TPSA) is 53.0 Å². The number of rotatable bonds is 2. The van der Waals surface area contributed by atoms with E-state index in [4.69, 9.17) is 5.73 Å². The van der Waals surface area contributed by atoms with Crippen molar-refractivity contribution in [2.75, 3.05) is 23.7 Å². The van der Waals surface area contributed by atoms with Crippen molar-refractivity contribution in [3.8, 4) is 6.07 Å². The molecule has 2 rings (SSSR count). The minimum absolute atomic E-state index is 0.469.